The Labute approximate surface area is 169 Å². The first kappa shape index (κ1) is 20.4. The minimum Gasteiger partial charge on any atom is -0.489 e. The molecule has 1 N–H and O–H groups in total. The molecule has 0 heterocycles. The van der Waals surface area contributed by atoms with E-state index in [0.29, 0.717) is 17.9 Å². The van der Waals surface area contributed by atoms with E-state index < -0.39 is 15.5 Å². The Balaban J connectivity index is 1.61. The molecule has 0 bridgehead atoms. The molecule has 3 aromatic carbocycles. The van der Waals surface area contributed by atoms with Gasteiger partial charge in [0.05, 0.1) is 22.1 Å². The zero-order chi connectivity index (χ0) is 21.5. The van der Waals surface area contributed by atoms with Crippen LogP contribution in [0.5, 0.6) is 5.75 Å². The third-order valence-corrected chi connectivity index (χ3v) is 3.99. The Kier molecular flexibility index (Phi) is 6.28. The van der Waals surface area contributed by atoms with Crippen molar-refractivity contribution in [3.05, 3.63) is 104 Å². The molecule has 0 aliphatic carbocycles. The van der Waals surface area contributed by atoms with E-state index in [-0.39, 0.29) is 17.2 Å². The highest BCUT2D eigenvalue weighted by Crippen LogP contribution is 2.28. The smallest absolute Gasteiger partial charge is 0.301 e. The van der Waals surface area contributed by atoms with Gasteiger partial charge in [-0.25, -0.2) is 4.39 Å². The summed E-state index contributed by atoms with van der Waals surface area (Å²) in [4.78, 5) is 20.4. The number of nitro groups is 2. The van der Waals surface area contributed by atoms with Gasteiger partial charge < -0.3 is 4.74 Å². The third kappa shape index (κ3) is 5.35. The van der Waals surface area contributed by atoms with Crippen molar-refractivity contribution in [2.75, 3.05) is 5.43 Å². The molecule has 30 heavy (non-hydrogen) atoms. The quantitative estimate of drug-likeness (QED) is 0.327. The maximum atomic E-state index is 12.9. The second-order valence-corrected chi connectivity index (χ2v) is 6.07. The van der Waals surface area contributed by atoms with Crippen molar-refractivity contribution in [2.45, 2.75) is 6.61 Å². The molecule has 3 rings (SSSR count). The molecule has 0 aliphatic heterocycles. The molecular formula is C20H15FN4O5. The first-order valence-corrected chi connectivity index (χ1v) is 8.61. The molecule has 0 saturated carbocycles. The number of anilines is 1. The highest BCUT2D eigenvalue weighted by molar-refractivity contribution is 5.80. The average Bonchev–Trinajstić information content (AvgIpc) is 2.74. The molecule has 0 aromatic heterocycles. The second-order valence-electron chi connectivity index (χ2n) is 6.07. The molecule has 0 unspecified atom stereocenters. The zero-order valence-corrected chi connectivity index (χ0v) is 15.4. The first-order valence-electron chi connectivity index (χ1n) is 8.61. The summed E-state index contributed by atoms with van der Waals surface area (Å²) >= 11 is 0. The van der Waals surface area contributed by atoms with Crippen LogP contribution in [0, 0.1) is 26.0 Å². The van der Waals surface area contributed by atoms with Gasteiger partial charge in [0, 0.05) is 6.07 Å². The van der Waals surface area contributed by atoms with Gasteiger partial charge >= 0.3 is 5.69 Å². The van der Waals surface area contributed by atoms with E-state index in [9.17, 15) is 24.6 Å². The third-order valence-electron chi connectivity index (χ3n) is 3.99. The molecule has 0 aliphatic rings. The lowest BCUT2D eigenvalue weighted by atomic mass is 10.2. The van der Waals surface area contributed by atoms with Crippen molar-refractivity contribution in [1.82, 2.24) is 0 Å². The number of rotatable bonds is 8. The zero-order valence-electron chi connectivity index (χ0n) is 15.4. The minimum absolute atomic E-state index is 0.0288. The number of hydrogen-bond acceptors (Lipinski definition) is 7. The maximum absolute atomic E-state index is 12.9. The van der Waals surface area contributed by atoms with E-state index in [1.54, 1.807) is 36.4 Å². The molecule has 3 aromatic rings. The van der Waals surface area contributed by atoms with E-state index in [0.717, 1.165) is 17.7 Å². The lowest BCUT2D eigenvalue weighted by Crippen LogP contribution is -1.99. The van der Waals surface area contributed by atoms with Crippen LogP contribution in [0.3, 0.4) is 0 Å². The van der Waals surface area contributed by atoms with E-state index in [1.807, 2.05) is 0 Å². The van der Waals surface area contributed by atoms with Crippen LogP contribution >= 0.6 is 0 Å². The van der Waals surface area contributed by atoms with Gasteiger partial charge in [0.2, 0.25) is 0 Å². The number of nitrogens with zero attached hydrogens (tertiary/aromatic N) is 3. The van der Waals surface area contributed by atoms with Gasteiger partial charge in [-0.15, -0.1) is 0 Å². The van der Waals surface area contributed by atoms with Gasteiger partial charge in [0.15, 0.2) is 0 Å². The van der Waals surface area contributed by atoms with Crippen molar-refractivity contribution >= 4 is 23.3 Å². The van der Waals surface area contributed by atoms with Crippen LogP contribution in [0.15, 0.2) is 71.8 Å². The van der Waals surface area contributed by atoms with Crippen LogP contribution in [-0.4, -0.2) is 16.1 Å². The van der Waals surface area contributed by atoms with E-state index in [1.165, 1.54) is 24.4 Å². The fraction of sp³-hybridized carbons (Fsp3) is 0.0500. The Morgan fingerprint density at radius 2 is 1.67 bits per heavy atom. The number of ether oxygens (including phenoxy) is 1. The number of nitrogens with one attached hydrogen (secondary N) is 1. The van der Waals surface area contributed by atoms with Gasteiger partial charge in [-0.2, -0.15) is 5.10 Å². The lowest BCUT2D eigenvalue weighted by Gasteiger charge is -2.06. The Hall–Kier alpha value is -4.34. The molecule has 0 saturated heterocycles. The molecule has 0 atom stereocenters. The van der Waals surface area contributed by atoms with Gasteiger partial charge in [0.1, 0.15) is 23.9 Å². The van der Waals surface area contributed by atoms with Crippen LogP contribution in [0.2, 0.25) is 0 Å². The predicted octanol–water partition coefficient (Wildman–Crippen LogP) is 4.67. The van der Waals surface area contributed by atoms with E-state index in [4.69, 9.17) is 4.74 Å². The summed E-state index contributed by atoms with van der Waals surface area (Å²) in [6.07, 6.45) is 1.44. The summed E-state index contributed by atoms with van der Waals surface area (Å²) in [6, 6.07) is 16.1. The number of nitro benzene ring substituents is 2. The summed E-state index contributed by atoms with van der Waals surface area (Å²) in [5.74, 6) is 0.297. The SMILES string of the molecule is O=[N+]([O-])c1ccc(N/N=C\c2ccc(OCc3ccc(F)cc3)cc2)c([N+](=O)[O-])c1. The Bertz CT molecular complexity index is 1090. The highest BCUT2D eigenvalue weighted by atomic mass is 19.1. The molecule has 0 amide bonds. The molecule has 0 fully saturated rings. The molecular weight excluding hydrogens is 395 g/mol. The summed E-state index contributed by atoms with van der Waals surface area (Å²) in [7, 11) is 0. The summed E-state index contributed by atoms with van der Waals surface area (Å²) < 4.78 is 18.5. The lowest BCUT2D eigenvalue weighted by molar-refractivity contribution is -0.393. The maximum Gasteiger partial charge on any atom is 0.301 e. The van der Waals surface area contributed by atoms with Crippen molar-refractivity contribution in [2.24, 2.45) is 5.10 Å². The van der Waals surface area contributed by atoms with Gasteiger partial charge in [-0.3, -0.25) is 25.7 Å². The van der Waals surface area contributed by atoms with Crippen LogP contribution in [0.25, 0.3) is 0 Å². The molecule has 152 valence electrons. The minimum atomic E-state index is -0.724. The molecule has 9 nitrogen and oxygen atoms in total. The first-order chi connectivity index (χ1) is 14.4. The fourth-order valence-corrected chi connectivity index (χ4v) is 2.45. The number of halogens is 1. The van der Waals surface area contributed by atoms with Crippen molar-refractivity contribution in [3.63, 3.8) is 0 Å². The number of benzene rings is 3. The standard InChI is InChI=1S/C20H15FN4O5/c21-16-5-1-15(2-6-16)13-30-18-8-3-14(4-9-18)12-22-23-19-10-7-17(24(26)27)11-20(19)25(28)29/h1-12,23H,13H2/b22-12-. The van der Waals surface area contributed by atoms with E-state index in [2.05, 4.69) is 10.5 Å². The van der Waals surface area contributed by atoms with Crippen molar-refractivity contribution in [3.8, 4) is 5.75 Å². The van der Waals surface area contributed by atoms with Gasteiger partial charge in [-0.1, -0.05) is 12.1 Å². The topological polar surface area (TPSA) is 120 Å². The van der Waals surface area contributed by atoms with Crippen LogP contribution in [-0.2, 0) is 6.61 Å². The van der Waals surface area contributed by atoms with Crippen molar-refractivity contribution in [1.29, 1.82) is 0 Å². The predicted molar refractivity (Wildman–Crippen MR) is 108 cm³/mol. The van der Waals surface area contributed by atoms with Gasteiger partial charge in [-0.05, 0) is 53.6 Å². The molecule has 10 heteroatoms. The monoisotopic (exact) mass is 410 g/mol. The van der Waals surface area contributed by atoms with Crippen LogP contribution in [0.4, 0.5) is 21.5 Å². The van der Waals surface area contributed by atoms with Crippen molar-refractivity contribution < 1.29 is 19.0 Å². The van der Waals surface area contributed by atoms with Crippen LogP contribution in [0.1, 0.15) is 11.1 Å². The summed E-state index contributed by atoms with van der Waals surface area (Å²) in [6.45, 7) is 0.291. The normalized spacial score (nSPS) is 10.7. The molecule has 0 radical (unpaired) electrons. The second kappa shape index (κ2) is 9.24. The number of non-ortho nitro benzene ring substituents is 1. The van der Waals surface area contributed by atoms with Gasteiger partial charge in [0.25, 0.3) is 5.69 Å². The average molecular weight is 410 g/mol. The summed E-state index contributed by atoms with van der Waals surface area (Å²) in [5.41, 5.74) is 3.24. The van der Waals surface area contributed by atoms with E-state index >= 15 is 0 Å². The largest absolute Gasteiger partial charge is 0.489 e. The number of hydrogen-bond donors (Lipinski definition) is 1. The highest BCUT2D eigenvalue weighted by Gasteiger charge is 2.19. The number of hydrazone groups is 1. The van der Waals surface area contributed by atoms with Crippen LogP contribution < -0.4 is 10.2 Å². The Morgan fingerprint density at radius 1 is 0.967 bits per heavy atom. The summed E-state index contributed by atoms with van der Waals surface area (Å²) in [5, 5.41) is 25.8. The molecule has 0 spiro atoms. The fourth-order valence-electron chi connectivity index (χ4n) is 2.45. The Morgan fingerprint density at radius 3 is 2.30 bits per heavy atom.